The van der Waals surface area contributed by atoms with Gasteiger partial charge in [-0.2, -0.15) is 0 Å². The molecular formula is C18H21ClN2. The van der Waals surface area contributed by atoms with E-state index in [0.29, 0.717) is 12.0 Å². The molecule has 1 heterocycles. The molecule has 21 heavy (non-hydrogen) atoms. The van der Waals surface area contributed by atoms with E-state index in [-0.39, 0.29) is 0 Å². The Morgan fingerprint density at radius 3 is 2.67 bits per heavy atom. The highest BCUT2D eigenvalue weighted by Gasteiger charge is 2.29. The lowest BCUT2D eigenvalue weighted by Gasteiger charge is -2.36. The molecule has 0 bridgehead atoms. The first-order chi connectivity index (χ1) is 10.3. The molecule has 0 atom stereocenters. The Hall–Kier alpha value is -1.38. The van der Waals surface area contributed by atoms with Gasteiger partial charge in [-0.25, -0.2) is 0 Å². The minimum atomic E-state index is 0.609. The number of nitrogens with one attached hydrogen (secondary N) is 1. The number of benzene rings is 1. The van der Waals surface area contributed by atoms with E-state index in [9.17, 15) is 0 Å². The molecule has 0 aliphatic heterocycles. The summed E-state index contributed by atoms with van der Waals surface area (Å²) in [4.78, 5) is 4.49. The summed E-state index contributed by atoms with van der Waals surface area (Å²) in [5.41, 5.74) is 3.94. The van der Waals surface area contributed by atoms with Crippen molar-refractivity contribution in [2.45, 2.75) is 44.7 Å². The van der Waals surface area contributed by atoms with Crippen molar-refractivity contribution in [1.82, 2.24) is 10.3 Å². The van der Waals surface area contributed by atoms with Crippen LogP contribution < -0.4 is 5.32 Å². The van der Waals surface area contributed by atoms with Crippen molar-refractivity contribution < 1.29 is 0 Å². The van der Waals surface area contributed by atoms with Crippen molar-refractivity contribution in [2.75, 3.05) is 0 Å². The minimum absolute atomic E-state index is 0.609. The fourth-order valence-corrected chi connectivity index (χ4v) is 3.11. The molecule has 1 N–H and O–H groups in total. The Labute approximate surface area is 131 Å². The first-order valence-corrected chi connectivity index (χ1v) is 8.05. The van der Waals surface area contributed by atoms with Crippen LogP contribution in [-0.4, -0.2) is 11.0 Å². The molecule has 1 saturated carbocycles. The molecule has 0 amide bonds. The fourth-order valence-electron chi connectivity index (χ4n) is 2.99. The summed E-state index contributed by atoms with van der Waals surface area (Å²) < 4.78 is 0. The van der Waals surface area contributed by atoms with Crippen LogP contribution >= 0.6 is 11.6 Å². The predicted octanol–water partition coefficient (Wildman–Crippen LogP) is 4.33. The number of halogens is 1. The Morgan fingerprint density at radius 1 is 1.19 bits per heavy atom. The van der Waals surface area contributed by atoms with Gasteiger partial charge in [0.1, 0.15) is 0 Å². The zero-order chi connectivity index (χ0) is 14.7. The Balaban J connectivity index is 1.50. The quantitative estimate of drug-likeness (QED) is 0.889. The average Bonchev–Trinajstić information content (AvgIpc) is 2.48. The van der Waals surface area contributed by atoms with Crippen LogP contribution in [0.5, 0.6) is 0 Å². The van der Waals surface area contributed by atoms with E-state index in [2.05, 4.69) is 35.4 Å². The minimum Gasteiger partial charge on any atom is -0.308 e. The second-order valence-electron chi connectivity index (χ2n) is 5.76. The molecule has 3 rings (SSSR count). The van der Waals surface area contributed by atoms with E-state index >= 15 is 0 Å². The van der Waals surface area contributed by atoms with Crippen LogP contribution in [0.3, 0.4) is 0 Å². The van der Waals surface area contributed by atoms with Crippen LogP contribution in [0.2, 0.25) is 5.02 Å². The SMILES string of the molecule is CCc1cccnc1CNC1CC(c2ccc(Cl)cc2)C1. The average molecular weight is 301 g/mol. The lowest BCUT2D eigenvalue weighted by molar-refractivity contribution is 0.288. The molecule has 3 heteroatoms. The van der Waals surface area contributed by atoms with Crippen molar-refractivity contribution in [1.29, 1.82) is 0 Å². The van der Waals surface area contributed by atoms with E-state index in [1.807, 2.05) is 24.4 Å². The van der Waals surface area contributed by atoms with Gasteiger partial charge in [-0.15, -0.1) is 0 Å². The topological polar surface area (TPSA) is 24.9 Å². The van der Waals surface area contributed by atoms with Gasteiger partial charge in [-0.1, -0.05) is 36.7 Å². The monoisotopic (exact) mass is 300 g/mol. The maximum atomic E-state index is 5.93. The predicted molar refractivity (Wildman–Crippen MR) is 87.7 cm³/mol. The molecule has 0 saturated heterocycles. The van der Waals surface area contributed by atoms with Crippen LogP contribution in [0.15, 0.2) is 42.6 Å². The standard InChI is InChI=1S/C18H21ClN2/c1-2-13-4-3-9-20-18(13)12-21-17-10-15(11-17)14-5-7-16(19)8-6-14/h3-9,15,17,21H,2,10-12H2,1H3. The number of hydrogen-bond acceptors (Lipinski definition) is 2. The third-order valence-electron chi connectivity index (χ3n) is 4.40. The second kappa shape index (κ2) is 6.59. The summed E-state index contributed by atoms with van der Waals surface area (Å²) in [7, 11) is 0. The molecule has 1 aliphatic rings. The molecular weight excluding hydrogens is 280 g/mol. The van der Waals surface area contributed by atoms with Gasteiger partial charge < -0.3 is 5.32 Å². The van der Waals surface area contributed by atoms with Crippen LogP contribution in [-0.2, 0) is 13.0 Å². The van der Waals surface area contributed by atoms with Gasteiger partial charge in [-0.05, 0) is 54.5 Å². The maximum absolute atomic E-state index is 5.93. The number of aryl methyl sites for hydroxylation is 1. The smallest absolute Gasteiger partial charge is 0.0573 e. The highest BCUT2D eigenvalue weighted by atomic mass is 35.5. The van der Waals surface area contributed by atoms with Crippen molar-refractivity contribution in [3.63, 3.8) is 0 Å². The molecule has 0 radical (unpaired) electrons. The van der Waals surface area contributed by atoms with Crippen LogP contribution in [0.25, 0.3) is 0 Å². The molecule has 0 spiro atoms. The molecule has 110 valence electrons. The number of nitrogens with zero attached hydrogens (tertiary/aromatic N) is 1. The number of hydrogen-bond donors (Lipinski definition) is 1. The molecule has 1 aromatic carbocycles. The number of aromatic nitrogens is 1. The Morgan fingerprint density at radius 2 is 1.95 bits per heavy atom. The van der Waals surface area contributed by atoms with E-state index in [1.54, 1.807) is 0 Å². The van der Waals surface area contributed by atoms with Gasteiger partial charge in [0.25, 0.3) is 0 Å². The summed E-state index contributed by atoms with van der Waals surface area (Å²) in [5.74, 6) is 0.675. The van der Waals surface area contributed by atoms with Gasteiger partial charge >= 0.3 is 0 Å². The Bertz CT molecular complexity index is 588. The molecule has 1 aromatic heterocycles. The van der Waals surface area contributed by atoms with Crippen LogP contribution in [0.1, 0.15) is 42.5 Å². The highest BCUT2D eigenvalue weighted by Crippen LogP contribution is 2.37. The van der Waals surface area contributed by atoms with E-state index < -0.39 is 0 Å². The molecule has 1 aliphatic carbocycles. The lowest BCUT2D eigenvalue weighted by atomic mass is 9.76. The van der Waals surface area contributed by atoms with E-state index in [1.165, 1.54) is 29.7 Å². The van der Waals surface area contributed by atoms with Gasteiger partial charge in [0.15, 0.2) is 0 Å². The fraction of sp³-hybridized carbons (Fsp3) is 0.389. The third kappa shape index (κ3) is 3.45. The zero-order valence-electron chi connectivity index (χ0n) is 12.3. The lowest BCUT2D eigenvalue weighted by Crippen LogP contribution is -2.39. The number of pyridine rings is 1. The van der Waals surface area contributed by atoms with Crippen molar-refractivity contribution >= 4 is 11.6 Å². The van der Waals surface area contributed by atoms with Gasteiger partial charge in [0.2, 0.25) is 0 Å². The summed E-state index contributed by atoms with van der Waals surface area (Å²) in [6, 6.07) is 13.1. The van der Waals surface area contributed by atoms with Crippen LogP contribution in [0.4, 0.5) is 0 Å². The normalized spacial score (nSPS) is 21.0. The summed E-state index contributed by atoms with van der Waals surface area (Å²) in [6.45, 7) is 3.06. The van der Waals surface area contributed by atoms with Gasteiger partial charge in [-0.3, -0.25) is 4.98 Å². The van der Waals surface area contributed by atoms with Crippen LogP contribution in [0, 0.1) is 0 Å². The maximum Gasteiger partial charge on any atom is 0.0573 e. The van der Waals surface area contributed by atoms with Crippen molar-refractivity contribution in [3.05, 3.63) is 64.4 Å². The zero-order valence-corrected chi connectivity index (χ0v) is 13.1. The molecule has 2 nitrogen and oxygen atoms in total. The molecule has 2 aromatic rings. The molecule has 0 unspecified atom stereocenters. The van der Waals surface area contributed by atoms with E-state index in [0.717, 1.165) is 18.0 Å². The van der Waals surface area contributed by atoms with Crippen molar-refractivity contribution in [2.24, 2.45) is 0 Å². The second-order valence-corrected chi connectivity index (χ2v) is 6.20. The van der Waals surface area contributed by atoms with E-state index in [4.69, 9.17) is 11.6 Å². The number of rotatable bonds is 5. The summed E-state index contributed by atoms with van der Waals surface area (Å²) in [5, 5.41) is 4.45. The van der Waals surface area contributed by atoms with Gasteiger partial charge in [0, 0.05) is 23.8 Å². The first kappa shape index (κ1) is 14.6. The third-order valence-corrected chi connectivity index (χ3v) is 4.66. The summed E-state index contributed by atoms with van der Waals surface area (Å²) >= 11 is 5.93. The molecule has 1 fully saturated rings. The summed E-state index contributed by atoms with van der Waals surface area (Å²) in [6.07, 6.45) is 5.34. The Kier molecular flexibility index (Phi) is 4.57. The first-order valence-electron chi connectivity index (χ1n) is 7.68. The largest absolute Gasteiger partial charge is 0.308 e. The van der Waals surface area contributed by atoms with Gasteiger partial charge in [0.05, 0.1) is 5.69 Å². The van der Waals surface area contributed by atoms with Crippen molar-refractivity contribution in [3.8, 4) is 0 Å². The highest BCUT2D eigenvalue weighted by molar-refractivity contribution is 6.30.